The van der Waals surface area contributed by atoms with Crippen LogP contribution in [0.4, 0.5) is 4.39 Å². The summed E-state index contributed by atoms with van der Waals surface area (Å²) in [5, 5.41) is 3.91. The lowest BCUT2D eigenvalue weighted by atomic mass is 10.1. The van der Waals surface area contributed by atoms with E-state index in [1.165, 1.54) is 18.3 Å². The van der Waals surface area contributed by atoms with Gasteiger partial charge in [-0.05, 0) is 42.0 Å². The molecule has 0 aliphatic rings. The number of hydrogen-bond acceptors (Lipinski definition) is 2. The Bertz CT molecular complexity index is 824. The molecular weight excluding hydrogens is 293 g/mol. The smallest absolute Gasteiger partial charge is 0.273 e. The second-order valence-electron chi connectivity index (χ2n) is 4.86. The van der Waals surface area contributed by atoms with E-state index in [0.717, 1.165) is 5.69 Å². The lowest BCUT2D eigenvalue weighted by Gasteiger charge is -2.08. The zero-order chi connectivity index (χ0) is 16.1. The van der Waals surface area contributed by atoms with Crippen molar-refractivity contribution in [2.75, 3.05) is 0 Å². The maximum atomic E-state index is 12.8. The molecule has 3 aromatic rings. The Labute approximate surface area is 132 Å². The minimum absolute atomic E-state index is 0.312. The fourth-order valence-electron chi connectivity index (χ4n) is 2.16. The average molecular weight is 307 g/mol. The predicted octanol–water partition coefficient (Wildman–Crippen LogP) is 3.38. The highest BCUT2D eigenvalue weighted by atomic mass is 19.1. The van der Waals surface area contributed by atoms with Crippen LogP contribution < -0.4 is 5.43 Å². The van der Waals surface area contributed by atoms with E-state index < -0.39 is 0 Å². The summed E-state index contributed by atoms with van der Waals surface area (Å²) in [4.78, 5) is 12.3. The topological polar surface area (TPSA) is 46.4 Å². The van der Waals surface area contributed by atoms with Gasteiger partial charge in [-0.1, -0.05) is 24.3 Å². The van der Waals surface area contributed by atoms with Gasteiger partial charge in [0.2, 0.25) is 0 Å². The molecule has 5 heteroatoms. The third-order valence-electron chi connectivity index (χ3n) is 3.28. The molecule has 0 atom stereocenters. The quantitative estimate of drug-likeness (QED) is 0.583. The van der Waals surface area contributed by atoms with E-state index in [4.69, 9.17) is 0 Å². The number of nitrogens with zero attached hydrogens (tertiary/aromatic N) is 2. The van der Waals surface area contributed by atoms with Crippen molar-refractivity contribution in [3.63, 3.8) is 0 Å². The zero-order valence-corrected chi connectivity index (χ0v) is 12.2. The number of halogens is 1. The molecule has 0 aliphatic heterocycles. The molecule has 0 radical (unpaired) electrons. The van der Waals surface area contributed by atoms with Crippen molar-refractivity contribution in [3.05, 3.63) is 90.0 Å². The van der Waals surface area contributed by atoms with Gasteiger partial charge in [0, 0.05) is 12.4 Å². The van der Waals surface area contributed by atoms with Gasteiger partial charge in [0.1, 0.15) is 5.82 Å². The van der Waals surface area contributed by atoms with Crippen molar-refractivity contribution >= 4 is 12.1 Å². The largest absolute Gasteiger partial charge is 0.323 e. The summed E-state index contributed by atoms with van der Waals surface area (Å²) < 4.78 is 14.7. The van der Waals surface area contributed by atoms with E-state index in [1.807, 2.05) is 41.2 Å². The van der Waals surface area contributed by atoms with Crippen molar-refractivity contribution in [3.8, 4) is 5.69 Å². The fourth-order valence-corrected chi connectivity index (χ4v) is 2.16. The molecule has 0 saturated carbocycles. The van der Waals surface area contributed by atoms with Crippen LogP contribution >= 0.6 is 0 Å². The molecule has 0 spiro atoms. The van der Waals surface area contributed by atoms with Gasteiger partial charge < -0.3 is 4.57 Å². The molecule has 3 rings (SSSR count). The lowest BCUT2D eigenvalue weighted by molar-refractivity contribution is 0.0955. The van der Waals surface area contributed by atoms with Crippen LogP contribution in [0.3, 0.4) is 0 Å². The van der Waals surface area contributed by atoms with Gasteiger partial charge in [-0.3, -0.25) is 4.79 Å². The van der Waals surface area contributed by atoms with E-state index >= 15 is 0 Å². The fraction of sp³-hybridized carbons (Fsp3) is 0. The van der Waals surface area contributed by atoms with E-state index in [-0.39, 0.29) is 11.7 Å². The number of carbonyl (C=O) groups excluding carboxylic acids is 1. The van der Waals surface area contributed by atoms with Crippen molar-refractivity contribution in [1.82, 2.24) is 9.99 Å². The van der Waals surface area contributed by atoms with Gasteiger partial charge in [-0.2, -0.15) is 5.10 Å². The highest BCUT2D eigenvalue weighted by Crippen LogP contribution is 2.14. The monoisotopic (exact) mass is 307 g/mol. The van der Waals surface area contributed by atoms with Gasteiger partial charge in [0.25, 0.3) is 5.91 Å². The number of aromatic nitrogens is 1. The molecule has 0 saturated heterocycles. The summed E-state index contributed by atoms with van der Waals surface area (Å²) in [6.07, 6.45) is 5.21. The third kappa shape index (κ3) is 3.52. The first-order chi connectivity index (χ1) is 11.2. The maximum absolute atomic E-state index is 12.8. The first-order valence-electron chi connectivity index (χ1n) is 7.05. The Hall–Kier alpha value is -3.21. The normalized spacial score (nSPS) is 10.8. The molecule has 1 N–H and O–H groups in total. The summed E-state index contributed by atoms with van der Waals surface area (Å²) in [6.45, 7) is 0. The number of rotatable bonds is 4. The molecule has 23 heavy (non-hydrogen) atoms. The third-order valence-corrected chi connectivity index (χ3v) is 3.28. The van der Waals surface area contributed by atoms with Crippen LogP contribution in [0.1, 0.15) is 15.9 Å². The van der Waals surface area contributed by atoms with Crippen LogP contribution in [0.5, 0.6) is 0 Å². The average Bonchev–Trinajstić information content (AvgIpc) is 3.11. The number of para-hydroxylation sites is 1. The van der Waals surface area contributed by atoms with Crippen LogP contribution in [0.2, 0.25) is 0 Å². The minimum atomic E-state index is -0.313. The van der Waals surface area contributed by atoms with E-state index in [0.29, 0.717) is 11.1 Å². The number of hydrogen-bond donors (Lipinski definition) is 1. The Morgan fingerprint density at radius 3 is 2.43 bits per heavy atom. The van der Waals surface area contributed by atoms with Crippen LogP contribution in [-0.2, 0) is 0 Å². The van der Waals surface area contributed by atoms with Gasteiger partial charge in [-0.15, -0.1) is 0 Å². The summed E-state index contributed by atoms with van der Waals surface area (Å²) in [5.74, 6) is -0.625. The van der Waals surface area contributed by atoms with Gasteiger partial charge in [0.15, 0.2) is 0 Å². The van der Waals surface area contributed by atoms with Gasteiger partial charge in [0.05, 0.1) is 17.5 Å². The summed E-state index contributed by atoms with van der Waals surface area (Å²) >= 11 is 0. The van der Waals surface area contributed by atoms with Crippen molar-refractivity contribution in [1.29, 1.82) is 0 Å². The summed E-state index contributed by atoms with van der Waals surface area (Å²) in [7, 11) is 0. The molecule has 0 unspecified atom stereocenters. The van der Waals surface area contributed by atoms with E-state index in [1.54, 1.807) is 24.3 Å². The standard InChI is InChI=1S/C18H14FN3O/c19-15-9-7-14(8-10-15)13-20-21-18(23)16-5-1-2-6-17(16)22-11-3-4-12-22/h1-13H,(H,21,23)/b20-13+. The molecule has 1 heterocycles. The van der Waals surface area contributed by atoms with E-state index in [2.05, 4.69) is 10.5 Å². The number of amides is 1. The van der Waals surface area contributed by atoms with Gasteiger partial charge >= 0.3 is 0 Å². The van der Waals surface area contributed by atoms with Crippen molar-refractivity contribution < 1.29 is 9.18 Å². The first-order valence-corrected chi connectivity index (χ1v) is 7.05. The SMILES string of the molecule is O=C(N/N=C/c1ccc(F)cc1)c1ccccc1-n1cccc1. The summed E-state index contributed by atoms with van der Waals surface area (Å²) in [6, 6.07) is 16.9. The van der Waals surface area contributed by atoms with Crippen LogP contribution in [0.15, 0.2) is 78.2 Å². The summed E-state index contributed by atoms with van der Waals surface area (Å²) in [5.41, 5.74) is 4.47. The number of benzene rings is 2. The molecule has 0 bridgehead atoms. The first kappa shape index (κ1) is 14.7. The van der Waals surface area contributed by atoms with Crippen LogP contribution in [0.25, 0.3) is 5.69 Å². The Morgan fingerprint density at radius 1 is 1.00 bits per heavy atom. The van der Waals surface area contributed by atoms with Crippen molar-refractivity contribution in [2.24, 2.45) is 5.10 Å². The number of hydrazone groups is 1. The van der Waals surface area contributed by atoms with Crippen LogP contribution in [-0.4, -0.2) is 16.7 Å². The molecule has 0 aliphatic carbocycles. The molecule has 1 amide bonds. The highest BCUT2D eigenvalue weighted by Gasteiger charge is 2.10. The molecule has 1 aromatic heterocycles. The molecule has 0 fully saturated rings. The zero-order valence-electron chi connectivity index (χ0n) is 12.2. The van der Waals surface area contributed by atoms with Crippen LogP contribution in [0, 0.1) is 5.82 Å². The van der Waals surface area contributed by atoms with Crippen molar-refractivity contribution in [2.45, 2.75) is 0 Å². The number of nitrogens with one attached hydrogen (secondary N) is 1. The molecule has 2 aromatic carbocycles. The molecule has 4 nitrogen and oxygen atoms in total. The highest BCUT2D eigenvalue weighted by molar-refractivity contribution is 5.98. The Morgan fingerprint density at radius 2 is 1.70 bits per heavy atom. The maximum Gasteiger partial charge on any atom is 0.273 e. The molecule has 114 valence electrons. The predicted molar refractivity (Wildman–Crippen MR) is 87.2 cm³/mol. The second-order valence-corrected chi connectivity index (χ2v) is 4.86. The molecular formula is C18H14FN3O. The van der Waals surface area contributed by atoms with E-state index in [9.17, 15) is 9.18 Å². The lowest BCUT2D eigenvalue weighted by Crippen LogP contribution is -2.19. The minimum Gasteiger partial charge on any atom is -0.323 e. The second kappa shape index (κ2) is 6.70. The number of carbonyl (C=O) groups is 1. The van der Waals surface area contributed by atoms with Gasteiger partial charge in [-0.25, -0.2) is 9.82 Å². The Kier molecular flexibility index (Phi) is 4.29. The Balaban J connectivity index is 1.75.